The number of aryl methyl sites for hydroxylation is 1. The molecule has 1 aliphatic heterocycles. The van der Waals surface area contributed by atoms with Crippen LogP contribution in [0.4, 0.5) is 0 Å². The van der Waals surface area contributed by atoms with Crippen LogP contribution >= 0.6 is 0 Å². The van der Waals surface area contributed by atoms with Crippen LogP contribution < -0.4 is 4.74 Å². The molecule has 2 aromatic rings. The first-order valence-corrected chi connectivity index (χ1v) is 8.49. The summed E-state index contributed by atoms with van der Waals surface area (Å²) < 4.78 is 16.0. The van der Waals surface area contributed by atoms with E-state index in [-0.39, 0.29) is 17.9 Å². The molecule has 0 spiro atoms. The van der Waals surface area contributed by atoms with E-state index < -0.39 is 0 Å². The SMILES string of the molecule is COc1ccc(C[C@@H]2CN(C(=O)c3cc(C)no3)CC[C@@H]2OC)cc1. The van der Waals surface area contributed by atoms with Crippen LogP contribution in [-0.4, -0.2) is 49.4 Å². The Morgan fingerprint density at radius 1 is 1.32 bits per heavy atom. The largest absolute Gasteiger partial charge is 0.497 e. The molecule has 2 heterocycles. The van der Waals surface area contributed by atoms with Crippen molar-refractivity contribution in [2.75, 3.05) is 27.3 Å². The highest BCUT2D eigenvalue weighted by atomic mass is 16.5. The van der Waals surface area contributed by atoms with Gasteiger partial charge in [-0.05, 0) is 37.5 Å². The van der Waals surface area contributed by atoms with E-state index in [1.807, 2.05) is 24.0 Å². The molecule has 1 amide bonds. The predicted molar refractivity (Wildman–Crippen MR) is 92.7 cm³/mol. The molecule has 0 N–H and O–H groups in total. The average molecular weight is 344 g/mol. The minimum Gasteiger partial charge on any atom is -0.497 e. The number of methoxy groups -OCH3 is 2. The number of carbonyl (C=O) groups is 1. The first-order chi connectivity index (χ1) is 12.1. The number of nitrogens with zero attached hydrogens (tertiary/aromatic N) is 2. The third kappa shape index (κ3) is 4.02. The van der Waals surface area contributed by atoms with Crippen molar-refractivity contribution in [1.29, 1.82) is 0 Å². The highest BCUT2D eigenvalue weighted by molar-refractivity contribution is 5.91. The maximum absolute atomic E-state index is 12.6. The summed E-state index contributed by atoms with van der Waals surface area (Å²) in [5, 5.41) is 3.81. The van der Waals surface area contributed by atoms with E-state index in [0.717, 1.165) is 18.6 Å². The highest BCUT2D eigenvalue weighted by Crippen LogP contribution is 2.25. The van der Waals surface area contributed by atoms with Crippen molar-refractivity contribution < 1.29 is 18.8 Å². The van der Waals surface area contributed by atoms with Crippen molar-refractivity contribution in [2.24, 2.45) is 5.92 Å². The summed E-state index contributed by atoms with van der Waals surface area (Å²) in [6.45, 7) is 3.11. The third-order valence-electron chi connectivity index (χ3n) is 4.75. The monoisotopic (exact) mass is 344 g/mol. The Labute approximate surface area is 147 Å². The van der Waals surface area contributed by atoms with Gasteiger partial charge in [0, 0.05) is 32.2 Å². The van der Waals surface area contributed by atoms with Gasteiger partial charge < -0.3 is 18.9 Å². The van der Waals surface area contributed by atoms with Crippen molar-refractivity contribution in [2.45, 2.75) is 25.9 Å². The summed E-state index contributed by atoms with van der Waals surface area (Å²) in [5.41, 5.74) is 1.92. The molecule has 6 nitrogen and oxygen atoms in total. The first kappa shape index (κ1) is 17.5. The topological polar surface area (TPSA) is 64.8 Å². The molecule has 1 aromatic carbocycles. The molecule has 3 rings (SSSR count). The number of amides is 1. The van der Waals surface area contributed by atoms with Gasteiger partial charge in [0.25, 0.3) is 5.91 Å². The second-order valence-electron chi connectivity index (χ2n) is 6.46. The average Bonchev–Trinajstić information content (AvgIpc) is 3.08. The Kier molecular flexibility index (Phi) is 5.38. The Balaban J connectivity index is 1.70. The fourth-order valence-corrected chi connectivity index (χ4v) is 3.39. The summed E-state index contributed by atoms with van der Waals surface area (Å²) in [6, 6.07) is 9.72. The maximum Gasteiger partial charge on any atom is 0.292 e. The number of piperidine rings is 1. The van der Waals surface area contributed by atoms with Gasteiger partial charge in [-0.15, -0.1) is 0 Å². The molecule has 1 aromatic heterocycles. The quantitative estimate of drug-likeness (QED) is 0.834. The van der Waals surface area contributed by atoms with E-state index in [1.165, 1.54) is 5.56 Å². The van der Waals surface area contributed by atoms with Gasteiger partial charge in [-0.25, -0.2) is 0 Å². The number of ether oxygens (including phenoxy) is 2. The lowest BCUT2D eigenvalue weighted by atomic mass is 9.88. The van der Waals surface area contributed by atoms with Crippen LogP contribution in [-0.2, 0) is 11.2 Å². The van der Waals surface area contributed by atoms with E-state index in [0.29, 0.717) is 24.5 Å². The maximum atomic E-state index is 12.6. The lowest BCUT2D eigenvalue weighted by Crippen LogP contribution is -2.47. The van der Waals surface area contributed by atoms with Crippen molar-refractivity contribution in [1.82, 2.24) is 10.1 Å². The Morgan fingerprint density at radius 3 is 2.68 bits per heavy atom. The molecule has 0 aliphatic carbocycles. The van der Waals surface area contributed by atoms with Crippen LogP contribution in [0.5, 0.6) is 5.75 Å². The number of benzene rings is 1. The van der Waals surface area contributed by atoms with Gasteiger partial charge in [0.15, 0.2) is 0 Å². The highest BCUT2D eigenvalue weighted by Gasteiger charge is 2.33. The third-order valence-corrected chi connectivity index (χ3v) is 4.75. The van der Waals surface area contributed by atoms with E-state index in [1.54, 1.807) is 20.3 Å². The van der Waals surface area contributed by atoms with Crippen LogP contribution in [0.3, 0.4) is 0 Å². The molecule has 134 valence electrons. The lowest BCUT2D eigenvalue weighted by Gasteiger charge is -2.37. The van der Waals surface area contributed by atoms with Crippen LogP contribution in [0.25, 0.3) is 0 Å². The van der Waals surface area contributed by atoms with Gasteiger partial charge >= 0.3 is 0 Å². The number of hydrogen-bond donors (Lipinski definition) is 0. The number of carbonyl (C=O) groups excluding carboxylic acids is 1. The Hall–Kier alpha value is -2.34. The second-order valence-corrected chi connectivity index (χ2v) is 6.46. The van der Waals surface area contributed by atoms with Crippen molar-refractivity contribution in [3.05, 3.63) is 47.3 Å². The first-order valence-electron chi connectivity index (χ1n) is 8.49. The minimum atomic E-state index is -0.102. The van der Waals surface area contributed by atoms with Crippen LogP contribution in [0.15, 0.2) is 34.9 Å². The molecular formula is C19H24N2O4. The summed E-state index contributed by atoms with van der Waals surface area (Å²) >= 11 is 0. The minimum absolute atomic E-state index is 0.102. The fourth-order valence-electron chi connectivity index (χ4n) is 3.39. The summed E-state index contributed by atoms with van der Waals surface area (Å²) in [6.07, 6.45) is 1.81. The zero-order valence-electron chi connectivity index (χ0n) is 14.9. The predicted octanol–water partition coefficient (Wildman–Crippen LogP) is 2.71. The Bertz CT molecular complexity index is 710. The van der Waals surface area contributed by atoms with Gasteiger partial charge in [-0.1, -0.05) is 17.3 Å². The number of hydrogen-bond acceptors (Lipinski definition) is 5. The van der Waals surface area contributed by atoms with Gasteiger partial charge in [0.1, 0.15) is 5.75 Å². The molecule has 6 heteroatoms. The van der Waals surface area contributed by atoms with Crippen molar-refractivity contribution >= 4 is 5.91 Å². The van der Waals surface area contributed by atoms with Gasteiger partial charge in [0.05, 0.1) is 18.9 Å². The van der Waals surface area contributed by atoms with E-state index in [9.17, 15) is 4.79 Å². The normalized spacial score (nSPS) is 20.5. The summed E-state index contributed by atoms with van der Waals surface area (Å²) in [7, 11) is 3.40. The van der Waals surface area contributed by atoms with Crippen LogP contribution in [0, 0.1) is 12.8 Å². The van der Waals surface area contributed by atoms with E-state index in [2.05, 4.69) is 17.3 Å². The standard InChI is InChI=1S/C19H24N2O4/c1-13-10-18(25-20-13)19(22)21-9-8-17(24-3)15(12-21)11-14-4-6-16(23-2)7-5-14/h4-7,10,15,17H,8-9,11-12H2,1-3H3/t15-,17+/m1/s1. The molecule has 0 saturated carbocycles. The van der Waals surface area contributed by atoms with Crippen molar-refractivity contribution in [3.8, 4) is 5.75 Å². The van der Waals surface area contributed by atoms with Gasteiger partial charge in [-0.3, -0.25) is 4.79 Å². The van der Waals surface area contributed by atoms with E-state index in [4.69, 9.17) is 14.0 Å². The lowest BCUT2D eigenvalue weighted by molar-refractivity contribution is -0.00412. The molecule has 1 fully saturated rings. The zero-order chi connectivity index (χ0) is 17.8. The Morgan fingerprint density at radius 2 is 2.08 bits per heavy atom. The molecule has 25 heavy (non-hydrogen) atoms. The molecule has 2 atom stereocenters. The molecular weight excluding hydrogens is 320 g/mol. The van der Waals surface area contributed by atoms with Crippen LogP contribution in [0.1, 0.15) is 28.2 Å². The number of likely N-dealkylation sites (tertiary alicyclic amines) is 1. The van der Waals surface area contributed by atoms with E-state index >= 15 is 0 Å². The summed E-state index contributed by atoms with van der Waals surface area (Å²) in [5.74, 6) is 1.28. The second kappa shape index (κ2) is 7.70. The fraction of sp³-hybridized carbons (Fsp3) is 0.474. The molecule has 0 unspecified atom stereocenters. The molecule has 0 radical (unpaired) electrons. The van der Waals surface area contributed by atoms with Crippen LogP contribution in [0.2, 0.25) is 0 Å². The molecule has 1 saturated heterocycles. The van der Waals surface area contributed by atoms with Crippen molar-refractivity contribution in [3.63, 3.8) is 0 Å². The molecule has 1 aliphatic rings. The number of aromatic nitrogens is 1. The summed E-state index contributed by atoms with van der Waals surface area (Å²) in [4.78, 5) is 14.5. The smallest absolute Gasteiger partial charge is 0.292 e. The molecule has 0 bridgehead atoms. The number of rotatable bonds is 5. The zero-order valence-corrected chi connectivity index (χ0v) is 14.9. The van der Waals surface area contributed by atoms with Gasteiger partial charge in [-0.2, -0.15) is 0 Å². The van der Waals surface area contributed by atoms with Gasteiger partial charge in [0.2, 0.25) is 5.76 Å².